The number of nitrogens with one attached hydrogen (secondary N) is 1. The first-order chi connectivity index (χ1) is 10.1. The molecule has 0 aliphatic heterocycles. The smallest absolute Gasteiger partial charge is 0.258 e. The second-order valence-electron chi connectivity index (χ2n) is 4.33. The van der Waals surface area contributed by atoms with Crippen molar-refractivity contribution in [2.75, 3.05) is 11.9 Å². The topological polar surface area (TPSA) is 88.0 Å². The van der Waals surface area contributed by atoms with Crippen molar-refractivity contribution in [3.8, 4) is 11.8 Å². The lowest BCUT2D eigenvalue weighted by atomic mass is 10.2. The van der Waals surface area contributed by atoms with Gasteiger partial charge in [-0.2, -0.15) is 10.2 Å². The Balaban J connectivity index is 2.21. The fourth-order valence-corrected chi connectivity index (χ4v) is 1.68. The highest BCUT2D eigenvalue weighted by molar-refractivity contribution is 6.04. The predicted octanol–water partition coefficient (Wildman–Crippen LogP) is 1.08. The van der Waals surface area contributed by atoms with E-state index in [1.54, 1.807) is 38.2 Å². The quantitative estimate of drug-likeness (QED) is 0.805. The van der Waals surface area contributed by atoms with Gasteiger partial charge in [0.15, 0.2) is 0 Å². The Hall–Kier alpha value is -2.78. The van der Waals surface area contributed by atoms with Crippen LogP contribution in [0.25, 0.3) is 0 Å². The largest absolute Gasteiger partial charge is 0.384 e. The third-order valence-electron chi connectivity index (χ3n) is 2.66. The first-order valence-corrected chi connectivity index (χ1v) is 6.28. The Morgan fingerprint density at radius 2 is 2.14 bits per heavy atom. The summed E-state index contributed by atoms with van der Waals surface area (Å²) in [5.41, 5.74) is 2.34. The van der Waals surface area contributed by atoms with Crippen LogP contribution in [0.3, 0.4) is 0 Å². The number of carbonyl (C=O) groups excluding carboxylic acids is 1. The number of carbonyl (C=O) groups is 1. The second-order valence-corrected chi connectivity index (χ2v) is 4.33. The summed E-state index contributed by atoms with van der Waals surface area (Å²) in [6.07, 6.45) is 1.54. The fraction of sp³-hybridized carbons (Fsp3) is 0.200. The SMILES string of the molecule is Cc1cc(C(=O)Nc2cc(C#CCO)ccn2)c(C)nn1. The number of nitrogens with zero attached hydrogens (tertiary/aromatic N) is 3. The van der Waals surface area contributed by atoms with Crippen LogP contribution in [0.5, 0.6) is 0 Å². The molecule has 0 saturated heterocycles. The third-order valence-corrected chi connectivity index (χ3v) is 2.66. The van der Waals surface area contributed by atoms with E-state index >= 15 is 0 Å². The van der Waals surface area contributed by atoms with Crippen molar-refractivity contribution in [3.63, 3.8) is 0 Å². The van der Waals surface area contributed by atoms with E-state index in [4.69, 9.17) is 5.11 Å². The Morgan fingerprint density at radius 3 is 2.90 bits per heavy atom. The number of aliphatic hydroxyl groups is 1. The molecule has 0 spiro atoms. The monoisotopic (exact) mass is 282 g/mol. The molecule has 21 heavy (non-hydrogen) atoms. The first kappa shape index (κ1) is 14.6. The van der Waals surface area contributed by atoms with E-state index in [1.807, 2.05) is 0 Å². The zero-order valence-electron chi connectivity index (χ0n) is 11.7. The molecule has 2 aromatic rings. The molecule has 106 valence electrons. The van der Waals surface area contributed by atoms with Crippen molar-refractivity contribution in [3.05, 3.63) is 46.9 Å². The standard InChI is InChI=1S/C15H14N4O2/c1-10-8-13(11(2)19-18-10)15(21)17-14-9-12(4-3-7-20)5-6-16-14/h5-6,8-9,20H,7H2,1-2H3,(H,16,17,21). The van der Waals surface area contributed by atoms with Gasteiger partial charge in [0.1, 0.15) is 12.4 Å². The molecule has 2 rings (SSSR count). The van der Waals surface area contributed by atoms with Crippen molar-refractivity contribution in [2.24, 2.45) is 0 Å². The molecule has 0 atom stereocenters. The van der Waals surface area contributed by atoms with Crippen molar-refractivity contribution in [2.45, 2.75) is 13.8 Å². The van der Waals surface area contributed by atoms with Gasteiger partial charge in [0.25, 0.3) is 5.91 Å². The van der Waals surface area contributed by atoms with Crippen LogP contribution in [0.1, 0.15) is 27.3 Å². The zero-order chi connectivity index (χ0) is 15.2. The minimum Gasteiger partial charge on any atom is -0.384 e. The molecule has 0 saturated carbocycles. The van der Waals surface area contributed by atoms with Gasteiger partial charge in [0.05, 0.1) is 17.0 Å². The highest BCUT2D eigenvalue weighted by Gasteiger charge is 2.12. The van der Waals surface area contributed by atoms with Crippen LogP contribution in [0.4, 0.5) is 5.82 Å². The number of rotatable bonds is 2. The molecule has 0 radical (unpaired) electrons. The maximum atomic E-state index is 12.2. The van der Waals surface area contributed by atoms with Crippen LogP contribution in [-0.4, -0.2) is 32.8 Å². The van der Waals surface area contributed by atoms with Crippen LogP contribution in [0.2, 0.25) is 0 Å². The van der Waals surface area contributed by atoms with Gasteiger partial charge in [-0.3, -0.25) is 4.79 Å². The minimum atomic E-state index is -0.301. The minimum absolute atomic E-state index is 0.217. The van der Waals surface area contributed by atoms with Crippen molar-refractivity contribution in [1.82, 2.24) is 15.2 Å². The van der Waals surface area contributed by atoms with Crippen LogP contribution in [0, 0.1) is 25.7 Å². The van der Waals surface area contributed by atoms with Crippen molar-refractivity contribution < 1.29 is 9.90 Å². The van der Waals surface area contributed by atoms with Gasteiger partial charge < -0.3 is 10.4 Å². The van der Waals surface area contributed by atoms with Gasteiger partial charge in [0, 0.05) is 11.8 Å². The van der Waals surface area contributed by atoms with Gasteiger partial charge in [-0.05, 0) is 32.0 Å². The Labute approximate surface area is 122 Å². The summed E-state index contributed by atoms with van der Waals surface area (Å²) in [6, 6.07) is 5.01. The summed E-state index contributed by atoms with van der Waals surface area (Å²) in [5.74, 6) is 5.38. The lowest BCUT2D eigenvalue weighted by Gasteiger charge is -2.07. The predicted molar refractivity (Wildman–Crippen MR) is 77.7 cm³/mol. The van der Waals surface area contributed by atoms with E-state index in [1.165, 1.54) is 0 Å². The molecular weight excluding hydrogens is 268 g/mol. The van der Waals surface area contributed by atoms with Gasteiger partial charge in [-0.15, -0.1) is 0 Å². The van der Waals surface area contributed by atoms with E-state index < -0.39 is 0 Å². The van der Waals surface area contributed by atoms with E-state index in [9.17, 15) is 4.79 Å². The second kappa shape index (κ2) is 6.59. The number of pyridine rings is 1. The molecule has 0 aliphatic rings. The molecule has 6 nitrogen and oxygen atoms in total. The number of aryl methyl sites for hydroxylation is 2. The summed E-state index contributed by atoms with van der Waals surface area (Å²) in [5, 5.41) is 19.2. The molecule has 2 N–H and O–H groups in total. The lowest BCUT2D eigenvalue weighted by molar-refractivity contribution is 0.102. The molecule has 6 heteroatoms. The van der Waals surface area contributed by atoms with Crippen LogP contribution >= 0.6 is 0 Å². The Kier molecular flexibility index (Phi) is 4.59. The number of hydrogen-bond acceptors (Lipinski definition) is 5. The Morgan fingerprint density at radius 1 is 1.33 bits per heavy atom. The number of amides is 1. The summed E-state index contributed by atoms with van der Waals surface area (Å²) in [7, 11) is 0. The van der Waals surface area contributed by atoms with Gasteiger partial charge in [-0.1, -0.05) is 11.8 Å². The zero-order valence-corrected chi connectivity index (χ0v) is 11.7. The van der Waals surface area contributed by atoms with Crippen molar-refractivity contribution >= 4 is 11.7 Å². The summed E-state index contributed by atoms with van der Waals surface area (Å²) in [6.45, 7) is 3.27. The van der Waals surface area contributed by atoms with Crippen LogP contribution in [0.15, 0.2) is 24.4 Å². The van der Waals surface area contributed by atoms with Crippen LogP contribution < -0.4 is 5.32 Å². The molecule has 0 unspecified atom stereocenters. The van der Waals surface area contributed by atoms with E-state index in [0.717, 1.165) is 0 Å². The summed E-state index contributed by atoms with van der Waals surface area (Å²) < 4.78 is 0. The number of anilines is 1. The highest BCUT2D eigenvalue weighted by Crippen LogP contribution is 2.10. The molecule has 1 amide bonds. The normalized spacial score (nSPS) is 9.67. The molecule has 0 aliphatic carbocycles. The van der Waals surface area contributed by atoms with Gasteiger partial charge >= 0.3 is 0 Å². The van der Waals surface area contributed by atoms with Crippen LogP contribution in [-0.2, 0) is 0 Å². The number of hydrogen-bond donors (Lipinski definition) is 2. The van der Waals surface area contributed by atoms with E-state index in [-0.39, 0.29) is 12.5 Å². The molecule has 0 aromatic carbocycles. The molecular formula is C15H14N4O2. The van der Waals surface area contributed by atoms with Crippen molar-refractivity contribution in [1.29, 1.82) is 0 Å². The average Bonchev–Trinajstić information content (AvgIpc) is 2.48. The molecule has 2 heterocycles. The van der Waals surface area contributed by atoms with Gasteiger partial charge in [0.2, 0.25) is 0 Å². The van der Waals surface area contributed by atoms with Gasteiger partial charge in [-0.25, -0.2) is 4.98 Å². The Bertz CT molecular complexity index is 732. The lowest BCUT2D eigenvalue weighted by Crippen LogP contribution is -2.16. The fourth-order valence-electron chi connectivity index (χ4n) is 1.68. The van der Waals surface area contributed by atoms with E-state index in [0.29, 0.717) is 28.3 Å². The molecule has 0 fully saturated rings. The first-order valence-electron chi connectivity index (χ1n) is 6.28. The highest BCUT2D eigenvalue weighted by atomic mass is 16.2. The third kappa shape index (κ3) is 3.84. The maximum Gasteiger partial charge on any atom is 0.258 e. The maximum absolute atomic E-state index is 12.2. The molecule has 2 aromatic heterocycles. The van der Waals surface area contributed by atoms with E-state index in [2.05, 4.69) is 32.3 Å². The average molecular weight is 282 g/mol. The molecule has 0 bridgehead atoms. The summed E-state index contributed by atoms with van der Waals surface area (Å²) in [4.78, 5) is 16.3. The summed E-state index contributed by atoms with van der Waals surface area (Å²) >= 11 is 0. The number of aliphatic hydroxyl groups excluding tert-OH is 1. The number of aromatic nitrogens is 3.